The van der Waals surface area contributed by atoms with Crippen LogP contribution in [0.1, 0.15) is 285 Å². The fraction of sp³-hybridized carbons (Fsp3) is 0.941. The van der Waals surface area contributed by atoms with Crippen LogP contribution < -0.4 is 0 Å². The van der Waals surface area contributed by atoms with E-state index in [1.54, 1.807) is 0 Å². The zero-order valence-corrected chi connectivity index (χ0v) is 38.8. The van der Waals surface area contributed by atoms with Crippen LogP contribution in [0.4, 0.5) is 0 Å². The molecule has 0 spiro atoms. The Morgan fingerprint density at radius 1 is 0.333 bits per heavy atom. The highest BCUT2D eigenvalue weighted by molar-refractivity contribution is 5.71. The van der Waals surface area contributed by atoms with Crippen molar-refractivity contribution in [1.82, 2.24) is 0 Å². The molecular formula is C51H98O6. The van der Waals surface area contributed by atoms with Crippen molar-refractivity contribution in [3.8, 4) is 0 Å². The lowest BCUT2D eigenvalue weighted by molar-refractivity contribution is -0.167. The average Bonchev–Trinajstić information content (AvgIpc) is 3.19. The van der Waals surface area contributed by atoms with Gasteiger partial charge in [0.05, 0.1) is 0 Å². The molecule has 0 aliphatic heterocycles. The van der Waals surface area contributed by atoms with Crippen LogP contribution in [-0.2, 0) is 28.6 Å². The average molecular weight is 807 g/mol. The predicted octanol–water partition coefficient (Wildman–Crippen LogP) is 16.3. The van der Waals surface area contributed by atoms with Gasteiger partial charge in [0, 0.05) is 19.3 Å². The Morgan fingerprint density at radius 3 is 0.860 bits per heavy atom. The molecule has 6 heteroatoms. The van der Waals surface area contributed by atoms with Crippen LogP contribution in [0.2, 0.25) is 0 Å². The van der Waals surface area contributed by atoms with Gasteiger partial charge in [0.25, 0.3) is 0 Å². The minimum Gasteiger partial charge on any atom is -0.462 e. The van der Waals surface area contributed by atoms with E-state index >= 15 is 0 Å². The third kappa shape index (κ3) is 45.3. The number of ether oxygens (including phenoxy) is 3. The molecule has 0 aromatic rings. The summed E-state index contributed by atoms with van der Waals surface area (Å²) in [6, 6.07) is 0. The molecular weight excluding hydrogens is 709 g/mol. The molecule has 0 rings (SSSR count). The lowest BCUT2D eigenvalue weighted by Gasteiger charge is -2.18. The third-order valence-corrected chi connectivity index (χ3v) is 11.5. The Balaban J connectivity index is 4.29. The summed E-state index contributed by atoms with van der Waals surface area (Å²) in [4.78, 5) is 37.9. The highest BCUT2D eigenvalue weighted by Gasteiger charge is 2.19. The number of rotatable bonds is 46. The summed E-state index contributed by atoms with van der Waals surface area (Å²) < 4.78 is 16.8. The highest BCUT2D eigenvalue weighted by Crippen LogP contribution is 2.17. The van der Waals surface area contributed by atoms with E-state index < -0.39 is 6.10 Å². The van der Waals surface area contributed by atoms with Gasteiger partial charge < -0.3 is 14.2 Å². The quantitative estimate of drug-likeness (QED) is 0.0346. The number of hydrogen-bond donors (Lipinski definition) is 0. The van der Waals surface area contributed by atoms with Gasteiger partial charge in [-0.3, -0.25) is 14.4 Å². The molecule has 0 aromatic carbocycles. The van der Waals surface area contributed by atoms with Gasteiger partial charge in [0.2, 0.25) is 0 Å². The van der Waals surface area contributed by atoms with Crippen LogP contribution in [0.5, 0.6) is 0 Å². The van der Waals surface area contributed by atoms with E-state index in [-0.39, 0.29) is 31.1 Å². The number of hydrogen-bond acceptors (Lipinski definition) is 6. The van der Waals surface area contributed by atoms with E-state index in [0.29, 0.717) is 19.3 Å². The molecule has 6 nitrogen and oxygen atoms in total. The zero-order chi connectivity index (χ0) is 41.7. The Hall–Kier alpha value is -1.59. The zero-order valence-electron chi connectivity index (χ0n) is 38.8. The Morgan fingerprint density at radius 2 is 0.579 bits per heavy atom. The standard InChI is InChI=1S/C51H98O6/c1-5-7-9-11-13-15-17-19-21-23-25-27-31-36-40-44-51(54)57-48(46-56-50(53)43-39-35-32-28-29-33-37-41-47(3)4)45-55-49(52)42-38-34-30-26-24-22-20-18-16-14-12-10-8-6-2/h47-48H,5-46H2,1-4H3/t48-/m1/s1. The summed E-state index contributed by atoms with van der Waals surface area (Å²) in [6.07, 6.45) is 46.6. The fourth-order valence-corrected chi connectivity index (χ4v) is 7.69. The second-order valence-corrected chi connectivity index (χ2v) is 17.9. The van der Waals surface area contributed by atoms with E-state index in [1.807, 2.05) is 0 Å². The van der Waals surface area contributed by atoms with E-state index in [1.165, 1.54) is 180 Å². The number of esters is 3. The van der Waals surface area contributed by atoms with Crippen LogP contribution in [0.3, 0.4) is 0 Å². The van der Waals surface area contributed by atoms with Gasteiger partial charge in [-0.15, -0.1) is 0 Å². The minimum absolute atomic E-state index is 0.0634. The van der Waals surface area contributed by atoms with Gasteiger partial charge in [-0.1, -0.05) is 246 Å². The van der Waals surface area contributed by atoms with Crippen molar-refractivity contribution >= 4 is 17.9 Å². The second kappa shape index (κ2) is 45.5. The molecule has 0 radical (unpaired) electrons. The fourth-order valence-electron chi connectivity index (χ4n) is 7.69. The van der Waals surface area contributed by atoms with E-state index in [0.717, 1.165) is 63.7 Å². The Bertz CT molecular complexity index is 857. The first-order valence-corrected chi connectivity index (χ1v) is 25.4. The van der Waals surface area contributed by atoms with Crippen LogP contribution in [0.25, 0.3) is 0 Å². The molecule has 0 heterocycles. The lowest BCUT2D eigenvalue weighted by Crippen LogP contribution is -2.30. The van der Waals surface area contributed by atoms with Crippen molar-refractivity contribution in [3.63, 3.8) is 0 Å². The van der Waals surface area contributed by atoms with Crippen molar-refractivity contribution in [2.75, 3.05) is 13.2 Å². The first kappa shape index (κ1) is 55.4. The summed E-state index contributed by atoms with van der Waals surface area (Å²) in [5.41, 5.74) is 0. The first-order valence-electron chi connectivity index (χ1n) is 25.4. The molecule has 0 aliphatic carbocycles. The van der Waals surface area contributed by atoms with Crippen molar-refractivity contribution < 1.29 is 28.6 Å². The van der Waals surface area contributed by atoms with Crippen molar-refractivity contribution in [2.45, 2.75) is 291 Å². The molecule has 0 aliphatic rings. The maximum Gasteiger partial charge on any atom is 0.306 e. The Labute approximate surface area is 355 Å². The smallest absolute Gasteiger partial charge is 0.306 e. The van der Waals surface area contributed by atoms with Gasteiger partial charge in [-0.25, -0.2) is 0 Å². The maximum absolute atomic E-state index is 12.8. The molecule has 0 N–H and O–H groups in total. The molecule has 338 valence electrons. The maximum atomic E-state index is 12.8. The van der Waals surface area contributed by atoms with Gasteiger partial charge >= 0.3 is 17.9 Å². The molecule has 0 saturated carbocycles. The summed E-state index contributed by atoms with van der Waals surface area (Å²) in [5, 5.41) is 0. The van der Waals surface area contributed by atoms with E-state index in [9.17, 15) is 14.4 Å². The van der Waals surface area contributed by atoms with Gasteiger partial charge in [0.1, 0.15) is 13.2 Å². The Kier molecular flexibility index (Phi) is 44.2. The number of unbranched alkanes of at least 4 members (excludes halogenated alkanes) is 33. The van der Waals surface area contributed by atoms with E-state index in [4.69, 9.17) is 14.2 Å². The van der Waals surface area contributed by atoms with Crippen LogP contribution in [0.15, 0.2) is 0 Å². The summed E-state index contributed by atoms with van der Waals surface area (Å²) in [6.45, 7) is 8.97. The SMILES string of the molecule is CCCCCCCCCCCCCCCCCC(=O)O[C@H](COC(=O)CCCCCCCCCCCCCCCC)COC(=O)CCCCCCCCCC(C)C. The van der Waals surface area contributed by atoms with E-state index in [2.05, 4.69) is 27.7 Å². The van der Waals surface area contributed by atoms with Crippen molar-refractivity contribution in [3.05, 3.63) is 0 Å². The first-order chi connectivity index (χ1) is 27.9. The molecule has 0 unspecified atom stereocenters. The van der Waals surface area contributed by atoms with Crippen molar-refractivity contribution in [1.29, 1.82) is 0 Å². The molecule has 1 atom stereocenters. The lowest BCUT2D eigenvalue weighted by atomic mass is 10.0. The summed E-state index contributed by atoms with van der Waals surface area (Å²) in [5.74, 6) is -0.0667. The van der Waals surface area contributed by atoms with Crippen LogP contribution >= 0.6 is 0 Å². The summed E-state index contributed by atoms with van der Waals surface area (Å²) in [7, 11) is 0. The van der Waals surface area contributed by atoms with Crippen LogP contribution in [-0.4, -0.2) is 37.2 Å². The predicted molar refractivity (Wildman–Crippen MR) is 243 cm³/mol. The number of carbonyl (C=O) groups is 3. The third-order valence-electron chi connectivity index (χ3n) is 11.5. The normalized spacial score (nSPS) is 11.9. The number of carbonyl (C=O) groups excluding carboxylic acids is 3. The van der Waals surface area contributed by atoms with Gasteiger partial charge in [-0.2, -0.15) is 0 Å². The molecule has 0 saturated heterocycles. The molecule has 0 bridgehead atoms. The second-order valence-electron chi connectivity index (χ2n) is 17.9. The van der Waals surface area contributed by atoms with Crippen molar-refractivity contribution in [2.24, 2.45) is 5.92 Å². The minimum atomic E-state index is -0.760. The molecule has 57 heavy (non-hydrogen) atoms. The van der Waals surface area contributed by atoms with Gasteiger partial charge in [0.15, 0.2) is 6.10 Å². The molecule has 0 fully saturated rings. The molecule has 0 aromatic heterocycles. The topological polar surface area (TPSA) is 78.9 Å². The molecule has 0 amide bonds. The van der Waals surface area contributed by atoms with Crippen LogP contribution in [0, 0.1) is 5.92 Å². The highest BCUT2D eigenvalue weighted by atomic mass is 16.6. The van der Waals surface area contributed by atoms with Gasteiger partial charge in [-0.05, 0) is 25.2 Å². The summed E-state index contributed by atoms with van der Waals surface area (Å²) >= 11 is 0. The monoisotopic (exact) mass is 807 g/mol. The largest absolute Gasteiger partial charge is 0.462 e.